The molecule has 0 heterocycles. The van der Waals surface area contributed by atoms with E-state index in [0.717, 1.165) is 25.9 Å². The van der Waals surface area contributed by atoms with E-state index in [-0.39, 0.29) is 11.9 Å². The Bertz CT molecular complexity index is 254. The van der Waals surface area contributed by atoms with Gasteiger partial charge in [-0.3, -0.25) is 9.69 Å². The monoisotopic (exact) mass is 255 g/mol. The Kier molecular flexibility index (Phi) is 6.09. The van der Waals surface area contributed by atoms with E-state index in [1.165, 1.54) is 0 Å². The van der Waals surface area contributed by atoms with Gasteiger partial charge in [-0.1, -0.05) is 0 Å². The predicted octanol–water partition coefficient (Wildman–Crippen LogP) is 1.36. The highest BCUT2D eigenvalue weighted by Crippen LogP contribution is 2.18. The van der Waals surface area contributed by atoms with Crippen molar-refractivity contribution in [3.05, 3.63) is 0 Å². The van der Waals surface area contributed by atoms with Crippen LogP contribution in [0.3, 0.4) is 0 Å². The standard InChI is InChI=1S/C14H29N3O/c1-10(2)17(11(3)4)9-8-15-12(5)14(18)16-13-6-7-13/h10-13,15H,6-9H2,1-5H3,(H,16,18). The van der Waals surface area contributed by atoms with Crippen molar-refractivity contribution in [2.75, 3.05) is 13.1 Å². The lowest BCUT2D eigenvalue weighted by atomic mass is 10.2. The number of nitrogens with zero attached hydrogens (tertiary/aromatic N) is 1. The number of nitrogens with one attached hydrogen (secondary N) is 2. The first kappa shape index (κ1) is 15.4. The quantitative estimate of drug-likeness (QED) is 0.688. The molecule has 1 amide bonds. The van der Waals surface area contributed by atoms with Crippen molar-refractivity contribution in [2.45, 2.75) is 71.6 Å². The minimum Gasteiger partial charge on any atom is -0.352 e. The lowest BCUT2D eigenvalue weighted by molar-refractivity contribution is -0.122. The second-order valence-electron chi connectivity index (χ2n) is 5.88. The smallest absolute Gasteiger partial charge is 0.237 e. The van der Waals surface area contributed by atoms with Crippen LogP contribution in [0, 0.1) is 0 Å². The zero-order chi connectivity index (χ0) is 13.7. The molecular formula is C14H29N3O. The molecular weight excluding hydrogens is 226 g/mol. The van der Waals surface area contributed by atoms with Gasteiger partial charge in [-0.25, -0.2) is 0 Å². The third kappa shape index (κ3) is 5.36. The van der Waals surface area contributed by atoms with E-state index in [4.69, 9.17) is 0 Å². The molecule has 0 saturated heterocycles. The Balaban J connectivity index is 2.20. The molecule has 0 spiro atoms. The zero-order valence-electron chi connectivity index (χ0n) is 12.5. The molecule has 1 aliphatic rings. The van der Waals surface area contributed by atoms with Gasteiger partial charge in [-0.05, 0) is 47.5 Å². The number of hydrogen-bond acceptors (Lipinski definition) is 3. The highest BCUT2D eigenvalue weighted by Gasteiger charge is 2.25. The molecule has 1 fully saturated rings. The number of carbonyl (C=O) groups is 1. The zero-order valence-corrected chi connectivity index (χ0v) is 12.5. The molecule has 0 bridgehead atoms. The van der Waals surface area contributed by atoms with Crippen LogP contribution in [0.1, 0.15) is 47.5 Å². The summed E-state index contributed by atoms with van der Waals surface area (Å²) in [5.41, 5.74) is 0. The average molecular weight is 255 g/mol. The summed E-state index contributed by atoms with van der Waals surface area (Å²) in [6.45, 7) is 12.6. The third-order valence-electron chi connectivity index (χ3n) is 3.46. The van der Waals surface area contributed by atoms with Crippen molar-refractivity contribution in [3.63, 3.8) is 0 Å². The molecule has 1 unspecified atom stereocenters. The first-order chi connectivity index (χ1) is 8.41. The van der Waals surface area contributed by atoms with Gasteiger partial charge < -0.3 is 10.6 Å². The highest BCUT2D eigenvalue weighted by molar-refractivity contribution is 5.81. The maximum atomic E-state index is 11.7. The van der Waals surface area contributed by atoms with Crippen LogP contribution >= 0.6 is 0 Å². The van der Waals surface area contributed by atoms with Gasteiger partial charge >= 0.3 is 0 Å². The molecule has 4 heteroatoms. The summed E-state index contributed by atoms with van der Waals surface area (Å²) >= 11 is 0. The molecule has 0 aromatic heterocycles. The van der Waals surface area contributed by atoms with Crippen molar-refractivity contribution in [1.29, 1.82) is 0 Å². The molecule has 1 saturated carbocycles. The molecule has 1 rings (SSSR count). The topological polar surface area (TPSA) is 44.4 Å². The maximum absolute atomic E-state index is 11.7. The summed E-state index contributed by atoms with van der Waals surface area (Å²) in [6, 6.07) is 1.45. The molecule has 0 aromatic carbocycles. The van der Waals surface area contributed by atoms with Gasteiger partial charge in [-0.2, -0.15) is 0 Å². The SMILES string of the molecule is CC(NCCN(C(C)C)C(C)C)C(=O)NC1CC1. The van der Waals surface area contributed by atoms with Gasteiger partial charge in [0, 0.05) is 31.2 Å². The maximum Gasteiger partial charge on any atom is 0.237 e. The van der Waals surface area contributed by atoms with Crippen molar-refractivity contribution in [1.82, 2.24) is 15.5 Å². The van der Waals surface area contributed by atoms with E-state index >= 15 is 0 Å². The first-order valence-electron chi connectivity index (χ1n) is 7.21. The normalized spacial score (nSPS) is 17.6. The summed E-state index contributed by atoms with van der Waals surface area (Å²) in [5.74, 6) is 0.137. The molecule has 18 heavy (non-hydrogen) atoms. The van der Waals surface area contributed by atoms with E-state index in [0.29, 0.717) is 18.1 Å². The van der Waals surface area contributed by atoms with Crippen LogP contribution in [0.5, 0.6) is 0 Å². The van der Waals surface area contributed by atoms with E-state index in [1.54, 1.807) is 0 Å². The average Bonchev–Trinajstić information content (AvgIpc) is 3.06. The van der Waals surface area contributed by atoms with Crippen LogP contribution in [-0.2, 0) is 4.79 Å². The van der Waals surface area contributed by atoms with Crippen LogP contribution in [0.4, 0.5) is 0 Å². The van der Waals surface area contributed by atoms with Crippen molar-refractivity contribution < 1.29 is 4.79 Å². The first-order valence-corrected chi connectivity index (χ1v) is 7.21. The number of amides is 1. The molecule has 4 nitrogen and oxygen atoms in total. The Morgan fingerprint density at radius 3 is 2.17 bits per heavy atom. The summed E-state index contributed by atoms with van der Waals surface area (Å²) in [7, 11) is 0. The molecule has 0 radical (unpaired) electrons. The molecule has 106 valence electrons. The summed E-state index contributed by atoms with van der Waals surface area (Å²) in [4.78, 5) is 14.2. The van der Waals surface area contributed by atoms with Crippen LogP contribution in [0.2, 0.25) is 0 Å². The van der Waals surface area contributed by atoms with E-state index < -0.39 is 0 Å². The lowest BCUT2D eigenvalue weighted by Crippen LogP contribution is -2.47. The third-order valence-corrected chi connectivity index (χ3v) is 3.46. The Hall–Kier alpha value is -0.610. The van der Waals surface area contributed by atoms with Gasteiger partial charge in [0.2, 0.25) is 5.91 Å². The predicted molar refractivity (Wildman–Crippen MR) is 75.6 cm³/mol. The minimum atomic E-state index is -0.0909. The molecule has 1 aliphatic carbocycles. The van der Waals surface area contributed by atoms with Crippen molar-refractivity contribution >= 4 is 5.91 Å². The molecule has 2 N–H and O–H groups in total. The van der Waals surface area contributed by atoms with E-state index in [9.17, 15) is 4.79 Å². The van der Waals surface area contributed by atoms with Crippen LogP contribution in [-0.4, -0.2) is 48.1 Å². The second-order valence-corrected chi connectivity index (χ2v) is 5.88. The van der Waals surface area contributed by atoms with Crippen LogP contribution in [0.25, 0.3) is 0 Å². The summed E-state index contributed by atoms with van der Waals surface area (Å²) < 4.78 is 0. The molecule has 1 atom stereocenters. The van der Waals surface area contributed by atoms with Crippen molar-refractivity contribution in [2.24, 2.45) is 0 Å². The summed E-state index contributed by atoms with van der Waals surface area (Å²) in [5, 5.41) is 6.32. The second kappa shape index (κ2) is 7.10. The molecule has 0 aromatic rings. The van der Waals surface area contributed by atoms with E-state index in [2.05, 4.69) is 43.2 Å². The largest absolute Gasteiger partial charge is 0.352 e. The fourth-order valence-electron chi connectivity index (χ4n) is 2.17. The number of rotatable bonds is 8. The number of hydrogen-bond donors (Lipinski definition) is 2. The fourth-order valence-corrected chi connectivity index (χ4v) is 2.17. The summed E-state index contributed by atoms with van der Waals surface area (Å²) in [6.07, 6.45) is 2.29. The van der Waals surface area contributed by atoms with Gasteiger partial charge in [0.05, 0.1) is 6.04 Å². The van der Waals surface area contributed by atoms with Crippen LogP contribution in [0.15, 0.2) is 0 Å². The Morgan fingerprint density at radius 1 is 1.17 bits per heavy atom. The van der Waals surface area contributed by atoms with Gasteiger partial charge in [-0.15, -0.1) is 0 Å². The van der Waals surface area contributed by atoms with Gasteiger partial charge in [0.1, 0.15) is 0 Å². The van der Waals surface area contributed by atoms with Gasteiger partial charge in [0.25, 0.3) is 0 Å². The number of carbonyl (C=O) groups excluding carboxylic acids is 1. The highest BCUT2D eigenvalue weighted by atomic mass is 16.2. The fraction of sp³-hybridized carbons (Fsp3) is 0.929. The lowest BCUT2D eigenvalue weighted by Gasteiger charge is -2.30. The van der Waals surface area contributed by atoms with Gasteiger partial charge in [0.15, 0.2) is 0 Å². The molecule has 0 aliphatic heterocycles. The van der Waals surface area contributed by atoms with Crippen molar-refractivity contribution in [3.8, 4) is 0 Å². The minimum absolute atomic E-state index is 0.0909. The Labute approximate surface area is 111 Å². The van der Waals surface area contributed by atoms with E-state index in [1.807, 2.05) is 6.92 Å². The van der Waals surface area contributed by atoms with Crippen LogP contribution < -0.4 is 10.6 Å². The Morgan fingerprint density at radius 2 is 1.72 bits per heavy atom.